The van der Waals surface area contributed by atoms with Gasteiger partial charge in [-0.1, -0.05) is 0 Å². The highest BCUT2D eigenvalue weighted by Crippen LogP contribution is 2.39. The van der Waals surface area contributed by atoms with Crippen molar-refractivity contribution in [2.45, 2.75) is 37.6 Å². The molecule has 162 valence electrons. The first-order valence-electron chi connectivity index (χ1n) is 10.9. The zero-order valence-electron chi connectivity index (χ0n) is 17.4. The molecule has 1 atom stereocenters. The number of hydrogen-bond donors (Lipinski definition) is 3. The van der Waals surface area contributed by atoms with Gasteiger partial charge in [0.15, 0.2) is 11.6 Å². The van der Waals surface area contributed by atoms with Crippen LogP contribution >= 0.6 is 0 Å². The number of fused-ring (bicyclic) bond motifs is 1. The van der Waals surface area contributed by atoms with Crippen molar-refractivity contribution >= 4 is 34.7 Å². The van der Waals surface area contributed by atoms with Crippen molar-refractivity contribution in [1.29, 1.82) is 0 Å². The van der Waals surface area contributed by atoms with E-state index in [9.17, 15) is 4.79 Å². The van der Waals surface area contributed by atoms with Crippen molar-refractivity contribution in [3.63, 3.8) is 0 Å². The smallest absolute Gasteiger partial charge is 0.247 e. The summed E-state index contributed by atoms with van der Waals surface area (Å²) in [6.07, 6.45) is 9.25. The van der Waals surface area contributed by atoms with Crippen LogP contribution in [0.2, 0.25) is 0 Å². The highest BCUT2D eigenvalue weighted by molar-refractivity contribution is 5.97. The molecule has 32 heavy (non-hydrogen) atoms. The van der Waals surface area contributed by atoms with E-state index in [-0.39, 0.29) is 11.9 Å². The Morgan fingerprint density at radius 2 is 2.12 bits per heavy atom. The van der Waals surface area contributed by atoms with Gasteiger partial charge in [0.2, 0.25) is 11.9 Å². The lowest BCUT2D eigenvalue weighted by Gasteiger charge is -2.24. The third-order valence-corrected chi connectivity index (χ3v) is 5.98. The van der Waals surface area contributed by atoms with Crippen LogP contribution in [0.25, 0.3) is 5.52 Å². The normalized spacial score (nSPS) is 18.2. The number of anilines is 4. The lowest BCUT2D eigenvalue weighted by molar-refractivity contribution is -0.117. The molecule has 0 spiro atoms. The molecule has 10 nitrogen and oxygen atoms in total. The summed E-state index contributed by atoms with van der Waals surface area (Å²) in [5.41, 5.74) is 2.68. The number of rotatable bonds is 6. The van der Waals surface area contributed by atoms with Crippen molar-refractivity contribution < 1.29 is 4.79 Å². The summed E-state index contributed by atoms with van der Waals surface area (Å²) in [6, 6.07) is 9.20. The third-order valence-electron chi connectivity index (χ3n) is 5.98. The molecule has 6 rings (SSSR count). The predicted octanol–water partition coefficient (Wildman–Crippen LogP) is 3.08. The number of carbonyl (C=O) groups is 1. The second kappa shape index (κ2) is 7.63. The SMILES string of the molecule is O=C(Nc1cccnc1)[C@@H]1CCCN1c1nc(Nc2cc(C3CC3)[nH]n2)c2cccn2n1. The van der Waals surface area contributed by atoms with Crippen molar-refractivity contribution in [1.82, 2.24) is 29.8 Å². The molecular weight excluding hydrogens is 406 g/mol. The Morgan fingerprint density at radius 1 is 1.19 bits per heavy atom. The van der Waals surface area contributed by atoms with Crippen molar-refractivity contribution in [2.75, 3.05) is 22.1 Å². The molecule has 1 amide bonds. The van der Waals surface area contributed by atoms with E-state index in [1.807, 2.05) is 35.4 Å². The van der Waals surface area contributed by atoms with E-state index < -0.39 is 0 Å². The van der Waals surface area contributed by atoms with Crippen molar-refractivity contribution in [2.24, 2.45) is 0 Å². The fourth-order valence-corrected chi connectivity index (χ4v) is 4.20. The number of nitrogens with one attached hydrogen (secondary N) is 3. The monoisotopic (exact) mass is 429 g/mol. The average molecular weight is 429 g/mol. The summed E-state index contributed by atoms with van der Waals surface area (Å²) in [7, 11) is 0. The number of carbonyl (C=O) groups excluding carboxylic acids is 1. The zero-order chi connectivity index (χ0) is 21.5. The summed E-state index contributed by atoms with van der Waals surface area (Å²) >= 11 is 0. The summed E-state index contributed by atoms with van der Waals surface area (Å²) < 4.78 is 1.79. The first kappa shape index (κ1) is 18.8. The van der Waals surface area contributed by atoms with Gasteiger partial charge in [-0.2, -0.15) is 10.1 Å². The second-order valence-electron chi connectivity index (χ2n) is 8.29. The summed E-state index contributed by atoms with van der Waals surface area (Å²) in [5.74, 6) is 2.41. The number of aromatic nitrogens is 6. The molecule has 1 aliphatic heterocycles. The molecule has 4 aromatic rings. The lowest BCUT2D eigenvalue weighted by Crippen LogP contribution is -2.40. The van der Waals surface area contributed by atoms with Gasteiger partial charge >= 0.3 is 0 Å². The minimum atomic E-state index is -0.345. The molecule has 0 aromatic carbocycles. The van der Waals surface area contributed by atoms with Crippen LogP contribution in [0.3, 0.4) is 0 Å². The molecule has 0 unspecified atom stereocenters. The highest BCUT2D eigenvalue weighted by Gasteiger charge is 2.33. The Labute approximate surface area is 184 Å². The maximum absolute atomic E-state index is 13.0. The molecule has 2 aliphatic rings. The largest absolute Gasteiger partial charge is 0.327 e. The number of nitrogens with zero attached hydrogens (tertiary/aromatic N) is 6. The Hall–Kier alpha value is -3.95. The molecule has 0 bridgehead atoms. The minimum Gasteiger partial charge on any atom is -0.327 e. The van der Waals surface area contributed by atoms with E-state index in [1.165, 1.54) is 12.8 Å². The van der Waals surface area contributed by atoms with Gasteiger partial charge in [-0.05, 0) is 49.9 Å². The van der Waals surface area contributed by atoms with Gasteiger partial charge in [0.1, 0.15) is 11.6 Å². The molecule has 5 heterocycles. The maximum Gasteiger partial charge on any atom is 0.247 e. The van der Waals surface area contributed by atoms with E-state index in [4.69, 9.17) is 4.98 Å². The second-order valence-corrected chi connectivity index (χ2v) is 8.29. The van der Waals surface area contributed by atoms with Gasteiger partial charge in [-0.25, -0.2) is 4.52 Å². The Balaban J connectivity index is 1.28. The topological polar surface area (TPSA) is 116 Å². The summed E-state index contributed by atoms with van der Waals surface area (Å²) in [4.78, 5) is 23.8. The molecular formula is C22H23N9O. The first-order chi connectivity index (χ1) is 15.7. The van der Waals surface area contributed by atoms with E-state index >= 15 is 0 Å². The van der Waals surface area contributed by atoms with Crippen LogP contribution in [0.1, 0.15) is 37.3 Å². The van der Waals surface area contributed by atoms with E-state index in [0.29, 0.717) is 29.9 Å². The van der Waals surface area contributed by atoms with Gasteiger partial charge in [-0.3, -0.25) is 14.9 Å². The summed E-state index contributed by atoms with van der Waals surface area (Å²) in [6.45, 7) is 0.714. The molecule has 0 radical (unpaired) electrons. The van der Waals surface area contributed by atoms with E-state index in [1.54, 1.807) is 23.0 Å². The number of H-pyrrole nitrogens is 1. The van der Waals surface area contributed by atoms with Crippen LogP contribution in [0.5, 0.6) is 0 Å². The lowest BCUT2D eigenvalue weighted by atomic mass is 10.2. The van der Waals surface area contributed by atoms with Crippen LogP contribution in [-0.2, 0) is 4.79 Å². The van der Waals surface area contributed by atoms with Gasteiger partial charge in [0.25, 0.3) is 0 Å². The van der Waals surface area contributed by atoms with E-state index in [0.717, 1.165) is 29.9 Å². The van der Waals surface area contributed by atoms with Crippen molar-refractivity contribution in [3.8, 4) is 0 Å². The van der Waals surface area contributed by atoms with Crippen LogP contribution < -0.4 is 15.5 Å². The van der Waals surface area contributed by atoms with Crippen molar-refractivity contribution in [3.05, 3.63) is 54.6 Å². The molecule has 1 aliphatic carbocycles. The molecule has 4 aromatic heterocycles. The van der Waals surface area contributed by atoms with Gasteiger partial charge in [-0.15, -0.1) is 5.10 Å². The number of amides is 1. The maximum atomic E-state index is 13.0. The number of hydrogen-bond acceptors (Lipinski definition) is 7. The van der Waals surface area contributed by atoms with Gasteiger partial charge < -0.3 is 15.5 Å². The van der Waals surface area contributed by atoms with Gasteiger partial charge in [0, 0.05) is 36.6 Å². The molecule has 1 saturated carbocycles. The third kappa shape index (κ3) is 3.53. The highest BCUT2D eigenvalue weighted by atomic mass is 16.2. The molecule has 1 saturated heterocycles. The zero-order valence-corrected chi connectivity index (χ0v) is 17.4. The Bertz CT molecular complexity index is 1260. The molecule has 10 heteroatoms. The molecule has 2 fully saturated rings. The standard InChI is InChI=1S/C22H23N9O/c32-21(24-15-4-1-9-23-13-15)18-6-2-10-30(18)22-26-20(17-5-3-11-31(17)29-22)25-19-12-16(27-28-19)14-7-8-14/h1,3-5,9,11-14,18H,2,6-8,10H2,(H,24,32)(H2,25,26,27,28,29)/t18-/m0/s1. The predicted molar refractivity (Wildman–Crippen MR) is 120 cm³/mol. The van der Waals surface area contributed by atoms with Crippen LogP contribution in [0.4, 0.5) is 23.3 Å². The average Bonchev–Trinajstić information content (AvgIpc) is 3.20. The van der Waals surface area contributed by atoms with Crippen LogP contribution in [0, 0.1) is 0 Å². The minimum absolute atomic E-state index is 0.0809. The fourth-order valence-electron chi connectivity index (χ4n) is 4.20. The number of pyridine rings is 1. The fraction of sp³-hybridized carbons (Fsp3) is 0.318. The van der Waals surface area contributed by atoms with Crippen LogP contribution in [-0.4, -0.2) is 48.3 Å². The number of aromatic amines is 1. The molecule has 3 N–H and O–H groups in total. The Morgan fingerprint density at radius 3 is 2.97 bits per heavy atom. The van der Waals surface area contributed by atoms with Crippen LogP contribution in [0.15, 0.2) is 48.9 Å². The first-order valence-corrected chi connectivity index (χ1v) is 10.9. The Kier molecular flexibility index (Phi) is 4.48. The summed E-state index contributed by atoms with van der Waals surface area (Å²) in [5, 5.41) is 18.5. The quantitative estimate of drug-likeness (QED) is 0.431. The van der Waals surface area contributed by atoms with E-state index in [2.05, 4.69) is 30.9 Å². The van der Waals surface area contributed by atoms with Gasteiger partial charge in [0.05, 0.1) is 11.9 Å².